The molecule has 2 atom stereocenters. The van der Waals surface area contributed by atoms with Crippen molar-refractivity contribution in [2.75, 3.05) is 13.2 Å². The van der Waals surface area contributed by atoms with E-state index >= 15 is 0 Å². The third-order valence-corrected chi connectivity index (χ3v) is 4.59. The number of fused-ring (bicyclic) bond motifs is 2. The first-order valence-electron chi connectivity index (χ1n) is 6.85. The van der Waals surface area contributed by atoms with Crippen LogP contribution >= 0.6 is 0 Å². The molecule has 2 aliphatic heterocycles. The summed E-state index contributed by atoms with van der Waals surface area (Å²) in [6.45, 7) is 3.50. The van der Waals surface area contributed by atoms with Crippen LogP contribution in [0, 0.1) is 12.8 Å². The highest BCUT2D eigenvalue weighted by Crippen LogP contribution is 2.56. The minimum atomic E-state index is -0.690. The van der Waals surface area contributed by atoms with Gasteiger partial charge in [-0.2, -0.15) is 0 Å². The molecule has 4 nitrogen and oxygen atoms in total. The molecule has 0 bridgehead atoms. The molecule has 1 N–H and O–H groups in total. The van der Waals surface area contributed by atoms with Gasteiger partial charge in [-0.25, -0.2) is 0 Å². The van der Waals surface area contributed by atoms with E-state index < -0.39 is 5.97 Å². The first-order chi connectivity index (χ1) is 9.18. The van der Waals surface area contributed by atoms with Gasteiger partial charge in [0.1, 0.15) is 11.5 Å². The molecule has 4 rings (SSSR count). The fourth-order valence-corrected chi connectivity index (χ4v) is 3.55. The smallest absolute Gasteiger partial charge is 0.307 e. The summed E-state index contributed by atoms with van der Waals surface area (Å²) >= 11 is 0. The summed E-state index contributed by atoms with van der Waals surface area (Å²) in [6.07, 6.45) is 2.53. The summed E-state index contributed by atoms with van der Waals surface area (Å²) in [6, 6.07) is 0. The Balaban J connectivity index is 1.89. The van der Waals surface area contributed by atoms with Crippen LogP contribution in [0.4, 0.5) is 0 Å². The second-order valence-corrected chi connectivity index (χ2v) is 5.64. The number of carboxylic acids is 1. The Bertz CT molecular complexity index is 555. The van der Waals surface area contributed by atoms with Crippen molar-refractivity contribution < 1.29 is 19.4 Å². The third kappa shape index (κ3) is 1.43. The topological polar surface area (TPSA) is 55.8 Å². The van der Waals surface area contributed by atoms with E-state index in [1.54, 1.807) is 0 Å². The van der Waals surface area contributed by atoms with E-state index in [4.69, 9.17) is 14.6 Å². The Labute approximate surface area is 111 Å². The van der Waals surface area contributed by atoms with Gasteiger partial charge in [-0.15, -0.1) is 0 Å². The van der Waals surface area contributed by atoms with Crippen LogP contribution in [-0.4, -0.2) is 24.3 Å². The number of carboxylic acid groups (broad SMARTS) is 1. The highest BCUT2D eigenvalue weighted by molar-refractivity contribution is 5.77. The van der Waals surface area contributed by atoms with Crippen LogP contribution in [0.2, 0.25) is 0 Å². The lowest BCUT2D eigenvalue weighted by Gasteiger charge is -2.15. The molecule has 1 aromatic rings. The van der Waals surface area contributed by atoms with Crippen LogP contribution in [0.15, 0.2) is 0 Å². The molecule has 0 spiro atoms. The minimum Gasteiger partial charge on any atom is -0.493 e. The van der Waals surface area contributed by atoms with E-state index in [1.807, 2.05) is 0 Å². The number of hydrogen-bond donors (Lipinski definition) is 1. The predicted octanol–water partition coefficient (Wildman–Crippen LogP) is 2.05. The number of ether oxygens (including phenoxy) is 2. The molecule has 1 saturated carbocycles. The number of aliphatic carboxylic acids is 1. The molecule has 0 saturated heterocycles. The van der Waals surface area contributed by atoms with Crippen molar-refractivity contribution in [3.63, 3.8) is 0 Å². The van der Waals surface area contributed by atoms with E-state index in [0.29, 0.717) is 13.2 Å². The Kier molecular flexibility index (Phi) is 2.14. The summed E-state index contributed by atoms with van der Waals surface area (Å²) < 4.78 is 11.6. The zero-order valence-corrected chi connectivity index (χ0v) is 10.9. The number of benzene rings is 1. The molecule has 19 heavy (non-hydrogen) atoms. The van der Waals surface area contributed by atoms with Gasteiger partial charge in [-0.3, -0.25) is 4.79 Å². The van der Waals surface area contributed by atoms with Crippen molar-refractivity contribution in [2.24, 2.45) is 5.92 Å². The average molecular weight is 260 g/mol. The van der Waals surface area contributed by atoms with Gasteiger partial charge in [-0.05, 0) is 18.9 Å². The zero-order valence-electron chi connectivity index (χ0n) is 10.9. The third-order valence-electron chi connectivity index (χ3n) is 4.59. The highest BCUT2D eigenvalue weighted by Gasteiger charge is 2.48. The molecule has 1 aliphatic carbocycles. The van der Waals surface area contributed by atoms with Crippen molar-refractivity contribution >= 4 is 5.97 Å². The SMILES string of the molecule is Cc1c2c(c(C3CC3C(=O)O)c3c1OCC3)OCC2. The molecule has 1 fully saturated rings. The van der Waals surface area contributed by atoms with Crippen molar-refractivity contribution in [1.82, 2.24) is 0 Å². The second kappa shape index (κ2) is 3.65. The highest BCUT2D eigenvalue weighted by atomic mass is 16.5. The molecular weight excluding hydrogens is 244 g/mol. The van der Waals surface area contributed by atoms with Gasteiger partial charge in [0.25, 0.3) is 0 Å². The summed E-state index contributed by atoms with van der Waals surface area (Å²) in [4.78, 5) is 11.1. The van der Waals surface area contributed by atoms with E-state index in [-0.39, 0.29) is 11.8 Å². The van der Waals surface area contributed by atoms with Gasteiger partial charge in [0.15, 0.2) is 0 Å². The van der Waals surface area contributed by atoms with Crippen molar-refractivity contribution in [3.05, 3.63) is 22.3 Å². The lowest BCUT2D eigenvalue weighted by Crippen LogP contribution is -2.03. The Morgan fingerprint density at radius 1 is 1.16 bits per heavy atom. The van der Waals surface area contributed by atoms with E-state index in [9.17, 15) is 4.79 Å². The van der Waals surface area contributed by atoms with Gasteiger partial charge in [0.2, 0.25) is 0 Å². The average Bonchev–Trinajstić information content (AvgIpc) is 2.82. The largest absolute Gasteiger partial charge is 0.493 e. The Morgan fingerprint density at radius 3 is 2.53 bits per heavy atom. The molecule has 100 valence electrons. The number of rotatable bonds is 2. The second-order valence-electron chi connectivity index (χ2n) is 5.64. The molecule has 0 amide bonds. The summed E-state index contributed by atoms with van der Waals surface area (Å²) in [7, 11) is 0. The van der Waals surface area contributed by atoms with Gasteiger partial charge in [0, 0.05) is 35.4 Å². The van der Waals surface area contributed by atoms with E-state index in [0.717, 1.165) is 36.3 Å². The van der Waals surface area contributed by atoms with Crippen molar-refractivity contribution in [1.29, 1.82) is 0 Å². The summed E-state index contributed by atoms with van der Waals surface area (Å²) in [5.74, 6) is 1.16. The summed E-state index contributed by atoms with van der Waals surface area (Å²) in [5, 5.41) is 9.16. The predicted molar refractivity (Wildman–Crippen MR) is 68.1 cm³/mol. The van der Waals surface area contributed by atoms with Gasteiger partial charge >= 0.3 is 5.97 Å². The van der Waals surface area contributed by atoms with Crippen LogP contribution < -0.4 is 9.47 Å². The van der Waals surface area contributed by atoms with Crippen LogP contribution in [0.5, 0.6) is 11.5 Å². The van der Waals surface area contributed by atoms with Crippen molar-refractivity contribution in [2.45, 2.75) is 32.1 Å². The molecule has 0 aromatic heterocycles. The standard InChI is InChI=1S/C15H16O4/c1-7-8-2-4-19-14(8)12(9-3-5-18-13(7)9)10-6-11(10)15(16)17/h10-11H,2-6H2,1H3,(H,16,17). The first-order valence-corrected chi connectivity index (χ1v) is 6.85. The molecule has 1 aromatic carbocycles. The monoisotopic (exact) mass is 260 g/mol. The molecule has 2 unspecified atom stereocenters. The Hall–Kier alpha value is -1.71. The minimum absolute atomic E-state index is 0.125. The van der Waals surface area contributed by atoms with Crippen LogP contribution in [0.3, 0.4) is 0 Å². The number of hydrogen-bond acceptors (Lipinski definition) is 3. The maximum absolute atomic E-state index is 11.1. The first kappa shape index (κ1) is 11.1. The fourth-order valence-electron chi connectivity index (χ4n) is 3.55. The van der Waals surface area contributed by atoms with Crippen LogP contribution in [0.25, 0.3) is 0 Å². The van der Waals surface area contributed by atoms with Crippen LogP contribution in [0.1, 0.15) is 34.6 Å². The number of carbonyl (C=O) groups is 1. The van der Waals surface area contributed by atoms with Crippen LogP contribution in [-0.2, 0) is 17.6 Å². The maximum atomic E-state index is 11.1. The zero-order chi connectivity index (χ0) is 13.1. The molecular formula is C15H16O4. The quantitative estimate of drug-likeness (QED) is 0.884. The maximum Gasteiger partial charge on any atom is 0.307 e. The molecule has 2 heterocycles. The van der Waals surface area contributed by atoms with Crippen molar-refractivity contribution in [3.8, 4) is 11.5 Å². The van der Waals surface area contributed by atoms with E-state index in [2.05, 4.69) is 6.92 Å². The Morgan fingerprint density at radius 2 is 1.84 bits per heavy atom. The fraction of sp³-hybridized carbons (Fsp3) is 0.533. The molecule has 3 aliphatic rings. The normalized spacial score (nSPS) is 26.4. The van der Waals surface area contributed by atoms with Gasteiger partial charge < -0.3 is 14.6 Å². The van der Waals surface area contributed by atoms with E-state index in [1.165, 1.54) is 16.7 Å². The van der Waals surface area contributed by atoms with Gasteiger partial charge in [0.05, 0.1) is 19.1 Å². The summed E-state index contributed by atoms with van der Waals surface area (Å²) in [5.41, 5.74) is 4.76. The molecule has 0 radical (unpaired) electrons. The lowest BCUT2D eigenvalue weighted by atomic mass is 9.92. The van der Waals surface area contributed by atoms with Gasteiger partial charge in [-0.1, -0.05) is 0 Å². The molecule has 4 heteroatoms. The lowest BCUT2D eigenvalue weighted by molar-refractivity contribution is -0.138.